The fourth-order valence-corrected chi connectivity index (χ4v) is 4.88. The molecule has 0 amide bonds. The van der Waals surface area contributed by atoms with Gasteiger partial charge < -0.3 is 15.2 Å². The van der Waals surface area contributed by atoms with Crippen LogP contribution in [0.3, 0.4) is 0 Å². The zero-order valence-electron chi connectivity index (χ0n) is 15.9. The number of carboxylic acid groups (broad SMARTS) is 1. The summed E-state index contributed by atoms with van der Waals surface area (Å²) in [5.74, 6) is 0.0581. The van der Waals surface area contributed by atoms with E-state index in [1.54, 1.807) is 7.11 Å². The van der Waals surface area contributed by atoms with Crippen molar-refractivity contribution in [2.45, 2.75) is 31.7 Å². The molecule has 0 saturated carbocycles. The van der Waals surface area contributed by atoms with Crippen LogP contribution in [0, 0.1) is 5.41 Å². The number of rotatable bonds is 4. The summed E-state index contributed by atoms with van der Waals surface area (Å²) in [6.45, 7) is 3.83. The van der Waals surface area contributed by atoms with Gasteiger partial charge in [-0.3, -0.25) is 9.69 Å². The Kier molecular flexibility index (Phi) is 5.06. The van der Waals surface area contributed by atoms with Gasteiger partial charge in [0.05, 0.1) is 7.11 Å². The molecule has 144 valence electrons. The zero-order chi connectivity index (χ0) is 18.9. The van der Waals surface area contributed by atoms with Gasteiger partial charge in [-0.15, -0.1) is 0 Å². The highest BCUT2D eigenvalue weighted by Gasteiger charge is 2.40. The van der Waals surface area contributed by atoms with E-state index in [9.17, 15) is 9.90 Å². The summed E-state index contributed by atoms with van der Waals surface area (Å²) < 4.78 is 5.29. The van der Waals surface area contributed by atoms with Gasteiger partial charge in [0.1, 0.15) is 11.8 Å². The van der Waals surface area contributed by atoms with Crippen LogP contribution in [0.5, 0.6) is 5.75 Å². The molecular weight excluding hydrogens is 340 g/mol. The number of carbonyl (C=O) groups is 1. The molecule has 5 nitrogen and oxygen atoms in total. The quantitative estimate of drug-likeness (QED) is 0.866. The third-order valence-electron chi connectivity index (χ3n) is 6.34. The van der Waals surface area contributed by atoms with Crippen LogP contribution in [-0.2, 0) is 4.79 Å². The lowest BCUT2D eigenvalue weighted by atomic mass is 9.72. The lowest BCUT2D eigenvalue weighted by Gasteiger charge is -2.47. The second-order valence-electron chi connectivity index (χ2n) is 8.04. The van der Waals surface area contributed by atoms with Gasteiger partial charge in [0.25, 0.3) is 0 Å². The molecule has 2 N–H and O–H groups in total. The first kappa shape index (κ1) is 18.3. The number of fused-ring (bicyclic) bond motifs is 1. The number of nitrogens with zero attached hydrogens (tertiary/aromatic N) is 1. The Balaban J connectivity index is 1.64. The van der Waals surface area contributed by atoms with Gasteiger partial charge in [0.15, 0.2) is 0 Å². The maximum atomic E-state index is 12.2. The van der Waals surface area contributed by atoms with Crippen LogP contribution < -0.4 is 10.1 Å². The highest BCUT2D eigenvalue weighted by Crippen LogP contribution is 2.41. The highest BCUT2D eigenvalue weighted by atomic mass is 16.5. The lowest BCUT2D eigenvalue weighted by molar-refractivity contribution is -0.145. The number of hydrogen-bond donors (Lipinski definition) is 2. The standard InChI is InChI=1S/C22H28N2O3/c1-27-19-6-5-16-13-18(4-3-17(16)14-19)20(21(25)26)24-12-2-7-22(15-24)8-10-23-11-9-22/h3-6,13-14,20,23H,2,7-12,15H2,1H3,(H,25,26). The number of ether oxygens (including phenoxy) is 1. The first-order chi connectivity index (χ1) is 13.1. The van der Waals surface area contributed by atoms with Gasteiger partial charge in [-0.1, -0.05) is 18.2 Å². The topological polar surface area (TPSA) is 61.8 Å². The molecule has 2 heterocycles. The molecular formula is C22H28N2O3. The van der Waals surface area contributed by atoms with Crippen molar-refractivity contribution in [2.75, 3.05) is 33.3 Å². The van der Waals surface area contributed by atoms with E-state index in [4.69, 9.17) is 4.74 Å². The van der Waals surface area contributed by atoms with Crippen LogP contribution in [-0.4, -0.2) is 49.3 Å². The second kappa shape index (κ2) is 7.49. The largest absolute Gasteiger partial charge is 0.497 e. The summed E-state index contributed by atoms with van der Waals surface area (Å²) in [6, 6.07) is 11.3. The monoisotopic (exact) mass is 368 g/mol. The number of methoxy groups -OCH3 is 1. The minimum atomic E-state index is -0.756. The number of hydrogen-bond acceptors (Lipinski definition) is 4. The molecule has 1 atom stereocenters. The average molecular weight is 368 g/mol. The van der Waals surface area contributed by atoms with Crippen molar-refractivity contribution >= 4 is 16.7 Å². The van der Waals surface area contributed by atoms with Crippen molar-refractivity contribution in [1.29, 1.82) is 0 Å². The molecule has 2 aliphatic rings. The van der Waals surface area contributed by atoms with E-state index >= 15 is 0 Å². The van der Waals surface area contributed by atoms with Crippen molar-refractivity contribution in [2.24, 2.45) is 5.41 Å². The molecule has 0 aromatic heterocycles. The third-order valence-corrected chi connectivity index (χ3v) is 6.34. The van der Waals surface area contributed by atoms with Gasteiger partial charge in [-0.05, 0) is 85.3 Å². The Labute approximate surface area is 160 Å². The minimum Gasteiger partial charge on any atom is -0.497 e. The van der Waals surface area contributed by atoms with Crippen LogP contribution in [0.1, 0.15) is 37.3 Å². The molecule has 2 aromatic carbocycles. The molecule has 2 fully saturated rings. The molecule has 2 saturated heterocycles. The van der Waals surface area contributed by atoms with E-state index in [2.05, 4.69) is 10.2 Å². The molecule has 1 spiro atoms. The Bertz CT molecular complexity index is 824. The average Bonchev–Trinajstić information content (AvgIpc) is 2.68. The number of nitrogens with one attached hydrogen (secondary N) is 1. The molecule has 2 aromatic rings. The molecule has 0 aliphatic carbocycles. The van der Waals surface area contributed by atoms with Gasteiger partial charge in [0.2, 0.25) is 0 Å². The summed E-state index contributed by atoms with van der Waals surface area (Å²) in [6.07, 6.45) is 4.59. The fourth-order valence-electron chi connectivity index (χ4n) is 4.88. The molecule has 2 aliphatic heterocycles. The van der Waals surface area contributed by atoms with E-state index in [1.807, 2.05) is 36.4 Å². The SMILES string of the molecule is COc1ccc2cc(C(C(=O)O)N3CCCC4(CCNCC4)C3)ccc2c1. The van der Waals surface area contributed by atoms with Crippen molar-refractivity contribution in [3.05, 3.63) is 42.0 Å². The summed E-state index contributed by atoms with van der Waals surface area (Å²) >= 11 is 0. The smallest absolute Gasteiger partial charge is 0.325 e. The normalized spacial score (nSPS) is 21.2. The van der Waals surface area contributed by atoms with Crippen molar-refractivity contribution < 1.29 is 14.6 Å². The predicted octanol–water partition coefficient (Wildman–Crippen LogP) is 3.44. The van der Waals surface area contributed by atoms with Crippen molar-refractivity contribution in [3.8, 4) is 5.75 Å². The summed E-state index contributed by atoms with van der Waals surface area (Å²) in [5, 5.41) is 15.6. The van der Waals surface area contributed by atoms with E-state index < -0.39 is 12.0 Å². The van der Waals surface area contributed by atoms with Crippen LogP contribution in [0.25, 0.3) is 10.8 Å². The summed E-state index contributed by atoms with van der Waals surface area (Å²) in [5.41, 5.74) is 1.15. The molecule has 4 rings (SSSR count). The van der Waals surface area contributed by atoms with E-state index in [0.717, 1.165) is 67.5 Å². The summed E-state index contributed by atoms with van der Waals surface area (Å²) in [4.78, 5) is 14.4. The number of aliphatic carboxylic acids is 1. The van der Waals surface area contributed by atoms with Crippen molar-refractivity contribution in [3.63, 3.8) is 0 Å². The second-order valence-corrected chi connectivity index (χ2v) is 8.04. The maximum absolute atomic E-state index is 12.2. The lowest BCUT2D eigenvalue weighted by Crippen LogP contribution is -2.50. The van der Waals surface area contributed by atoms with Gasteiger partial charge >= 0.3 is 5.97 Å². The minimum absolute atomic E-state index is 0.279. The molecule has 1 unspecified atom stereocenters. The first-order valence-electron chi connectivity index (χ1n) is 9.86. The predicted molar refractivity (Wildman–Crippen MR) is 106 cm³/mol. The Morgan fingerprint density at radius 3 is 2.63 bits per heavy atom. The Morgan fingerprint density at radius 1 is 1.15 bits per heavy atom. The van der Waals surface area contributed by atoms with Crippen molar-refractivity contribution in [1.82, 2.24) is 10.2 Å². The number of piperidine rings is 2. The van der Waals surface area contributed by atoms with E-state index in [0.29, 0.717) is 0 Å². The molecule has 5 heteroatoms. The first-order valence-corrected chi connectivity index (χ1v) is 9.86. The number of likely N-dealkylation sites (tertiary alicyclic amines) is 1. The maximum Gasteiger partial charge on any atom is 0.325 e. The molecule has 27 heavy (non-hydrogen) atoms. The van der Waals surface area contributed by atoms with Crippen LogP contribution >= 0.6 is 0 Å². The third kappa shape index (κ3) is 3.66. The number of carboxylic acids is 1. The zero-order valence-corrected chi connectivity index (χ0v) is 15.9. The molecule has 0 radical (unpaired) electrons. The van der Waals surface area contributed by atoms with Gasteiger partial charge in [0, 0.05) is 6.54 Å². The Hall–Kier alpha value is -2.11. The van der Waals surface area contributed by atoms with Crippen LogP contribution in [0.4, 0.5) is 0 Å². The fraction of sp³-hybridized carbons (Fsp3) is 0.500. The van der Waals surface area contributed by atoms with E-state index in [1.165, 1.54) is 6.42 Å². The van der Waals surface area contributed by atoms with Crippen LogP contribution in [0.15, 0.2) is 36.4 Å². The Morgan fingerprint density at radius 2 is 1.89 bits per heavy atom. The van der Waals surface area contributed by atoms with Crippen LogP contribution in [0.2, 0.25) is 0 Å². The number of benzene rings is 2. The molecule has 0 bridgehead atoms. The van der Waals surface area contributed by atoms with Gasteiger partial charge in [-0.25, -0.2) is 0 Å². The highest BCUT2D eigenvalue weighted by molar-refractivity contribution is 5.86. The summed E-state index contributed by atoms with van der Waals surface area (Å²) in [7, 11) is 1.66. The van der Waals surface area contributed by atoms with Gasteiger partial charge in [-0.2, -0.15) is 0 Å². The van der Waals surface area contributed by atoms with E-state index in [-0.39, 0.29) is 5.41 Å².